The molecule has 0 saturated carbocycles. The summed E-state index contributed by atoms with van der Waals surface area (Å²) in [6.45, 7) is 7.62. The summed E-state index contributed by atoms with van der Waals surface area (Å²) in [4.78, 5) is 27.9. The van der Waals surface area contributed by atoms with E-state index in [1.165, 1.54) is 0 Å². The Balaban J connectivity index is 2.60. The third-order valence-corrected chi connectivity index (χ3v) is 3.34. The van der Waals surface area contributed by atoms with Crippen LogP contribution in [0.25, 0.3) is 0 Å². The molecule has 0 aliphatic carbocycles. The smallest absolute Gasteiger partial charge is 0.319 e. The fourth-order valence-electron chi connectivity index (χ4n) is 2.31. The van der Waals surface area contributed by atoms with Gasteiger partial charge in [-0.2, -0.15) is 0 Å². The number of carbonyl (C=O) groups excluding carboxylic acids is 2. The molecule has 0 radical (unpaired) electrons. The lowest BCUT2D eigenvalue weighted by Gasteiger charge is -2.38. The minimum atomic E-state index is -1.06. The minimum Gasteiger partial charge on any atom is -0.319 e. The largest absolute Gasteiger partial charge is 0.322 e. The van der Waals surface area contributed by atoms with E-state index in [9.17, 15) is 9.59 Å². The molecule has 2 heterocycles. The van der Waals surface area contributed by atoms with Gasteiger partial charge in [0.15, 0.2) is 5.54 Å². The van der Waals surface area contributed by atoms with E-state index in [4.69, 9.17) is 0 Å². The van der Waals surface area contributed by atoms with Gasteiger partial charge in [0.05, 0.1) is 0 Å². The van der Waals surface area contributed by atoms with Crippen molar-refractivity contribution in [2.24, 2.45) is 5.41 Å². The molecule has 1 atom stereocenters. The van der Waals surface area contributed by atoms with Crippen molar-refractivity contribution in [3.63, 3.8) is 0 Å². The number of rotatable bonds is 1. The fraction of sp³-hybridized carbons (Fsp3) is 0.462. The van der Waals surface area contributed by atoms with Crippen molar-refractivity contribution in [1.29, 1.82) is 0 Å². The van der Waals surface area contributed by atoms with Gasteiger partial charge in [-0.05, 0) is 18.4 Å². The maximum Gasteiger partial charge on any atom is 0.322 e. The van der Waals surface area contributed by atoms with E-state index in [2.05, 4.69) is 15.6 Å². The van der Waals surface area contributed by atoms with Crippen molar-refractivity contribution in [2.45, 2.75) is 33.2 Å². The summed E-state index contributed by atoms with van der Waals surface area (Å²) in [6, 6.07) is 3.20. The van der Waals surface area contributed by atoms with Gasteiger partial charge in [0, 0.05) is 17.5 Å². The van der Waals surface area contributed by atoms with E-state index < -0.39 is 17.0 Å². The molecular weight excluding hydrogens is 230 g/mol. The monoisotopic (exact) mass is 247 g/mol. The van der Waals surface area contributed by atoms with E-state index in [0.717, 1.165) is 5.69 Å². The van der Waals surface area contributed by atoms with Crippen LogP contribution in [-0.4, -0.2) is 16.9 Å². The summed E-state index contributed by atoms with van der Waals surface area (Å²) in [7, 11) is 0. The van der Waals surface area contributed by atoms with Gasteiger partial charge in [-0.1, -0.05) is 26.8 Å². The average Bonchev–Trinajstić information content (AvgIpc) is 2.55. The van der Waals surface area contributed by atoms with Gasteiger partial charge < -0.3 is 5.32 Å². The zero-order valence-corrected chi connectivity index (χ0v) is 11.0. The molecule has 1 aliphatic rings. The Morgan fingerprint density at radius 2 is 1.89 bits per heavy atom. The van der Waals surface area contributed by atoms with E-state index in [1.54, 1.807) is 6.20 Å². The number of hydrogen-bond acceptors (Lipinski definition) is 3. The number of carbonyl (C=O) groups is 2. The minimum absolute atomic E-state index is 0.328. The van der Waals surface area contributed by atoms with Crippen molar-refractivity contribution in [3.05, 3.63) is 29.6 Å². The standard InChI is InChI=1S/C13H17N3O2/c1-8-5-6-9(7-14-8)13(12(2,3)4)10(17)15-11(18)16-13/h5-7H,1-4H3,(H2,15,16,17,18). The summed E-state index contributed by atoms with van der Waals surface area (Å²) >= 11 is 0. The number of hydrogen-bond donors (Lipinski definition) is 2. The third-order valence-electron chi connectivity index (χ3n) is 3.34. The van der Waals surface area contributed by atoms with Gasteiger partial charge >= 0.3 is 6.03 Å². The van der Waals surface area contributed by atoms with Crippen LogP contribution in [0.15, 0.2) is 18.3 Å². The first-order chi connectivity index (χ1) is 8.27. The van der Waals surface area contributed by atoms with E-state index >= 15 is 0 Å². The SMILES string of the molecule is Cc1ccc(C2(C(C)(C)C)NC(=O)NC2=O)cn1. The highest BCUT2D eigenvalue weighted by molar-refractivity contribution is 6.07. The summed E-state index contributed by atoms with van der Waals surface area (Å²) in [6.07, 6.45) is 1.64. The molecule has 1 saturated heterocycles. The Labute approximate surface area is 106 Å². The van der Waals surface area contributed by atoms with Crippen molar-refractivity contribution < 1.29 is 9.59 Å². The molecule has 1 aromatic rings. The Morgan fingerprint density at radius 1 is 1.22 bits per heavy atom. The maximum atomic E-state index is 12.2. The molecule has 0 aromatic carbocycles. The second-order valence-electron chi connectivity index (χ2n) is 5.60. The van der Waals surface area contributed by atoms with Gasteiger partial charge in [0.1, 0.15) is 0 Å². The third kappa shape index (κ3) is 1.66. The average molecular weight is 247 g/mol. The van der Waals surface area contributed by atoms with Crippen LogP contribution in [-0.2, 0) is 10.3 Å². The molecule has 18 heavy (non-hydrogen) atoms. The van der Waals surface area contributed by atoms with Crippen molar-refractivity contribution in [2.75, 3.05) is 0 Å². The van der Waals surface area contributed by atoms with Gasteiger partial charge in [0.2, 0.25) is 0 Å². The highest BCUT2D eigenvalue weighted by atomic mass is 16.2. The molecule has 0 bridgehead atoms. The van der Waals surface area contributed by atoms with Crippen LogP contribution in [0, 0.1) is 12.3 Å². The van der Waals surface area contributed by atoms with Crippen molar-refractivity contribution in [3.8, 4) is 0 Å². The van der Waals surface area contributed by atoms with Gasteiger partial charge in [-0.15, -0.1) is 0 Å². The molecule has 1 unspecified atom stereocenters. The highest BCUT2D eigenvalue weighted by Gasteiger charge is 2.55. The molecule has 0 spiro atoms. The number of imide groups is 1. The van der Waals surface area contributed by atoms with E-state index in [0.29, 0.717) is 5.56 Å². The Hall–Kier alpha value is -1.91. The van der Waals surface area contributed by atoms with Crippen LogP contribution in [0.3, 0.4) is 0 Å². The summed E-state index contributed by atoms with van der Waals surface area (Å²) in [5.74, 6) is -0.328. The Morgan fingerprint density at radius 3 is 2.28 bits per heavy atom. The van der Waals surface area contributed by atoms with Crippen LogP contribution in [0.5, 0.6) is 0 Å². The van der Waals surface area contributed by atoms with Crippen LogP contribution < -0.4 is 10.6 Å². The number of nitrogens with one attached hydrogen (secondary N) is 2. The lowest BCUT2D eigenvalue weighted by atomic mass is 9.69. The molecule has 2 rings (SSSR count). The molecule has 96 valence electrons. The van der Waals surface area contributed by atoms with E-state index in [-0.39, 0.29) is 5.91 Å². The summed E-state index contributed by atoms with van der Waals surface area (Å²) in [5.41, 5.74) is 0.0433. The van der Waals surface area contributed by atoms with Gasteiger partial charge in [0.25, 0.3) is 5.91 Å². The molecular formula is C13H17N3O2. The quantitative estimate of drug-likeness (QED) is 0.738. The molecule has 1 aromatic heterocycles. The highest BCUT2D eigenvalue weighted by Crippen LogP contribution is 2.41. The number of nitrogens with zero attached hydrogens (tertiary/aromatic N) is 1. The predicted octanol–water partition coefficient (Wildman–Crippen LogP) is 1.47. The first-order valence-electron chi connectivity index (χ1n) is 5.84. The number of aryl methyl sites for hydroxylation is 1. The van der Waals surface area contributed by atoms with Crippen LogP contribution in [0.4, 0.5) is 4.79 Å². The van der Waals surface area contributed by atoms with Gasteiger partial charge in [-0.3, -0.25) is 15.1 Å². The second-order valence-corrected chi connectivity index (χ2v) is 5.60. The molecule has 2 N–H and O–H groups in total. The number of aromatic nitrogens is 1. The Bertz CT molecular complexity index is 502. The summed E-state index contributed by atoms with van der Waals surface area (Å²) < 4.78 is 0. The Kier molecular flexibility index (Phi) is 2.65. The maximum absolute atomic E-state index is 12.2. The first kappa shape index (κ1) is 12.5. The van der Waals surface area contributed by atoms with Crippen LogP contribution >= 0.6 is 0 Å². The molecule has 3 amide bonds. The zero-order valence-electron chi connectivity index (χ0n) is 11.0. The molecule has 1 fully saturated rings. The first-order valence-corrected chi connectivity index (χ1v) is 5.84. The van der Waals surface area contributed by atoms with Crippen LogP contribution in [0.2, 0.25) is 0 Å². The summed E-state index contributed by atoms with van der Waals surface area (Å²) in [5, 5.41) is 5.06. The van der Waals surface area contributed by atoms with Crippen molar-refractivity contribution in [1.82, 2.24) is 15.6 Å². The normalized spacial score (nSPS) is 23.8. The molecule has 1 aliphatic heterocycles. The van der Waals surface area contributed by atoms with E-state index in [1.807, 2.05) is 39.8 Å². The zero-order chi connectivity index (χ0) is 13.6. The lowest BCUT2D eigenvalue weighted by molar-refractivity contribution is -0.128. The topological polar surface area (TPSA) is 71.1 Å². The fourth-order valence-corrected chi connectivity index (χ4v) is 2.31. The predicted molar refractivity (Wildman–Crippen MR) is 66.8 cm³/mol. The number of urea groups is 1. The lowest BCUT2D eigenvalue weighted by Crippen LogP contribution is -2.53. The van der Waals surface area contributed by atoms with Crippen molar-refractivity contribution >= 4 is 11.9 Å². The number of amides is 3. The molecule has 5 nitrogen and oxygen atoms in total. The molecule has 5 heteroatoms. The second kappa shape index (κ2) is 3.80. The van der Waals surface area contributed by atoms with Crippen LogP contribution in [0.1, 0.15) is 32.0 Å². The number of pyridine rings is 1. The van der Waals surface area contributed by atoms with Gasteiger partial charge in [-0.25, -0.2) is 4.79 Å².